The van der Waals surface area contributed by atoms with Crippen LogP contribution in [0.15, 0.2) is 59.1 Å². The van der Waals surface area contributed by atoms with Gasteiger partial charge in [0.2, 0.25) is 11.9 Å². The first-order valence-corrected chi connectivity index (χ1v) is 13.0. The first kappa shape index (κ1) is 25.6. The number of fused-ring (bicyclic) bond motifs is 1. The van der Waals surface area contributed by atoms with Gasteiger partial charge in [0.05, 0.1) is 16.7 Å². The molecule has 10 nitrogen and oxygen atoms in total. The highest BCUT2D eigenvalue weighted by Crippen LogP contribution is 2.31. The number of piperazine rings is 1. The van der Waals surface area contributed by atoms with Crippen molar-refractivity contribution in [1.82, 2.24) is 29.7 Å². The quantitative estimate of drug-likeness (QED) is 0.333. The zero-order chi connectivity index (χ0) is 26.6. The number of benzene rings is 1. The Morgan fingerprint density at radius 1 is 1.21 bits per heavy atom. The highest BCUT2D eigenvalue weighted by atomic mass is 16.2. The van der Waals surface area contributed by atoms with E-state index >= 15 is 0 Å². The number of amides is 1. The third-order valence-corrected chi connectivity index (χ3v) is 7.01. The Bertz CT molecular complexity index is 1380. The molecule has 0 spiro atoms. The molecule has 2 aliphatic rings. The van der Waals surface area contributed by atoms with Crippen LogP contribution in [0.2, 0.25) is 0 Å². The summed E-state index contributed by atoms with van der Waals surface area (Å²) in [5.41, 5.74) is 4.68. The molecule has 0 bridgehead atoms. The van der Waals surface area contributed by atoms with Gasteiger partial charge in [-0.2, -0.15) is 0 Å². The van der Waals surface area contributed by atoms with E-state index in [0.717, 1.165) is 79.2 Å². The number of nitrogens with zero attached hydrogens (tertiary/aromatic N) is 7. The topological polar surface area (TPSA) is 106 Å². The summed E-state index contributed by atoms with van der Waals surface area (Å²) < 4.78 is 0. The molecule has 2 aromatic heterocycles. The van der Waals surface area contributed by atoms with Crippen LogP contribution in [0.25, 0.3) is 22.3 Å². The number of H-pyrrole nitrogens is 1. The molecule has 38 heavy (non-hydrogen) atoms. The molecule has 1 saturated heterocycles. The number of aromatic amines is 1. The number of aromatic nitrogens is 4. The van der Waals surface area contributed by atoms with Crippen LogP contribution in [0.4, 0.5) is 11.8 Å². The van der Waals surface area contributed by atoms with Crippen molar-refractivity contribution in [3.8, 4) is 11.3 Å². The Hall–Kier alpha value is -4.05. The zero-order valence-corrected chi connectivity index (χ0v) is 22.3. The molecule has 0 radical (unpaired) electrons. The van der Waals surface area contributed by atoms with E-state index in [2.05, 4.69) is 47.9 Å². The molecule has 1 aromatic carbocycles. The number of hydrogen-bond acceptors (Lipinski definition) is 8. The van der Waals surface area contributed by atoms with E-state index in [1.165, 1.54) is 0 Å². The molecule has 2 fully saturated rings. The Balaban J connectivity index is 1.24. The second-order valence-corrected chi connectivity index (χ2v) is 10.0. The molecule has 1 amide bonds. The van der Waals surface area contributed by atoms with E-state index in [-0.39, 0.29) is 5.92 Å². The van der Waals surface area contributed by atoms with Crippen molar-refractivity contribution < 1.29 is 4.79 Å². The molecule has 198 valence electrons. The lowest BCUT2D eigenvalue weighted by molar-refractivity contribution is -0.134. The Morgan fingerprint density at radius 3 is 2.68 bits per heavy atom. The molecular formula is C28H35N9O. The second kappa shape index (κ2) is 11.1. The molecule has 0 atom stereocenters. The molecule has 1 saturated carbocycles. The summed E-state index contributed by atoms with van der Waals surface area (Å²) in [6, 6.07) is 7.97. The molecule has 5 rings (SSSR count). The van der Waals surface area contributed by atoms with Crippen LogP contribution < -0.4 is 10.2 Å². The predicted octanol–water partition coefficient (Wildman–Crippen LogP) is 3.54. The average molecular weight is 514 g/mol. The monoisotopic (exact) mass is 513 g/mol. The number of imidazole rings is 1. The maximum Gasteiger partial charge on any atom is 0.225 e. The van der Waals surface area contributed by atoms with Crippen LogP contribution in [-0.4, -0.2) is 89.2 Å². The first-order chi connectivity index (χ1) is 18.4. The van der Waals surface area contributed by atoms with Gasteiger partial charge in [-0.1, -0.05) is 12.1 Å². The number of anilines is 2. The van der Waals surface area contributed by atoms with Crippen molar-refractivity contribution in [1.29, 1.82) is 0 Å². The third kappa shape index (κ3) is 5.91. The van der Waals surface area contributed by atoms with Gasteiger partial charge in [-0.25, -0.2) is 19.9 Å². The summed E-state index contributed by atoms with van der Waals surface area (Å²) in [5.74, 6) is 2.69. The third-order valence-electron chi connectivity index (χ3n) is 7.01. The molecule has 1 aliphatic carbocycles. The molecule has 2 N–H and O–H groups in total. The van der Waals surface area contributed by atoms with Crippen molar-refractivity contribution in [3.63, 3.8) is 0 Å². The fourth-order valence-corrected chi connectivity index (χ4v) is 4.59. The van der Waals surface area contributed by atoms with Crippen molar-refractivity contribution in [2.24, 2.45) is 10.9 Å². The van der Waals surface area contributed by atoms with Crippen LogP contribution in [0, 0.1) is 5.92 Å². The highest BCUT2D eigenvalue weighted by molar-refractivity contribution is 5.83. The normalized spacial score (nSPS) is 17.1. The fourth-order valence-electron chi connectivity index (χ4n) is 4.59. The minimum absolute atomic E-state index is 0.288. The Kier molecular flexibility index (Phi) is 7.50. The van der Waals surface area contributed by atoms with Gasteiger partial charge in [-0.05, 0) is 50.3 Å². The van der Waals surface area contributed by atoms with Gasteiger partial charge in [0, 0.05) is 64.4 Å². The van der Waals surface area contributed by atoms with Gasteiger partial charge >= 0.3 is 0 Å². The van der Waals surface area contributed by atoms with Gasteiger partial charge in [0.1, 0.15) is 18.0 Å². The lowest BCUT2D eigenvalue weighted by Gasteiger charge is -2.35. The van der Waals surface area contributed by atoms with Crippen LogP contribution >= 0.6 is 0 Å². The largest absolute Gasteiger partial charge is 0.363 e. The molecule has 10 heteroatoms. The molecule has 3 heterocycles. The average Bonchev–Trinajstić information content (AvgIpc) is 3.71. The number of allylic oxidation sites excluding steroid dienone is 1. The van der Waals surface area contributed by atoms with Crippen molar-refractivity contribution in [2.45, 2.75) is 19.8 Å². The van der Waals surface area contributed by atoms with E-state index in [1.807, 2.05) is 61.2 Å². The standard InChI is InChI=1S/C28H35N9O/c1-5-19(17-36-10-12-37(13-11-36)27(38)20-6-7-20)14-25(29-2)34-28-32-22-9-8-21(15-24(22)33-28)23-16-26(35(3)4)31-18-30-23/h5,8-9,14-16,18,20H,2,6-7,10-13,17H2,1,3-4H3,(H2,32,33,34)/b19-5+,25-14+. The van der Waals surface area contributed by atoms with E-state index in [4.69, 9.17) is 0 Å². The molecule has 0 unspecified atom stereocenters. The summed E-state index contributed by atoms with van der Waals surface area (Å²) in [5, 5.41) is 3.27. The van der Waals surface area contributed by atoms with Crippen molar-refractivity contribution >= 4 is 35.4 Å². The summed E-state index contributed by atoms with van der Waals surface area (Å²) in [6.45, 7) is 9.92. The Morgan fingerprint density at radius 2 is 2.00 bits per heavy atom. The smallest absolute Gasteiger partial charge is 0.225 e. The second-order valence-electron chi connectivity index (χ2n) is 10.0. The predicted molar refractivity (Wildman–Crippen MR) is 152 cm³/mol. The van der Waals surface area contributed by atoms with E-state index < -0.39 is 0 Å². The first-order valence-electron chi connectivity index (χ1n) is 13.0. The SMILES string of the molecule is C=N/C(=C\C(=C/C)CN1CCN(C(=O)C2CC2)CC1)Nc1nc2ccc(-c3cc(N(C)C)ncn3)cc2[nH]1. The minimum atomic E-state index is 0.288. The van der Waals surface area contributed by atoms with Crippen molar-refractivity contribution in [3.05, 3.63) is 54.1 Å². The summed E-state index contributed by atoms with van der Waals surface area (Å²) in [4.78, 5) is 39.6. The maximum atomic E-state index is 12.3. The molecule has 1 aliphatic heterocycles. The van der Waals surface area contributed by atoms with E-state index in [0.29, 0.717) is 17.7 Å². The zero-order valence-electron chi connectivity index (χ0n) is 22.3. The number of rotatable bonds is 9. The van der Waals surface area contributed by atoms with Gasteiger partial charge < -0.3 is 20.1 Å². The number of carbonyl (C=O) groups excluding carboxylic acids is 1. The van der Waals surface area contributed by atoms with Gasteiger partial charge in [-0.3, -0.25) is 9.69 Å². The van der Waals surface area contributed by atoms with Gasteiger partial charge in [0.25, 0.3) is 0 Å². The van der Waals surface area contributed by atoms with Crippen LogP contribution in [0.3, 0.4) is 0 Å². The summed E-state index contributed by atoms with van der Waals surface area (Å²) >= 11 is 0. The van der Waals surface area contributed by atoms with Gasteiger partial charge in [-0.15, -0.1) is 0 Å². The van der Waals surface area contributed by atoms with E-state index in [9.17, 15) is 4.79 Å². The molecule has 3 aromatic rings. The van der Waals surface area contributed by atoms with Crippen LogP contribution in [0.1, 0.15) is 19.8 Å². The lowest BCUT2D eigenvalue weighted by Crippen LogP contribution is -2.49. The number of hydrogen-bond donors (Lipinski definition) is 2. The van der Waals surface area contributed by atoms with Gasteiger partial charge in [0.15, 0.2) is 0 Å². The molecular weight excluding hydrogens is 478 g/mol. The minimum Gasteiger partial charge on any atom is -0.363 e. The number of carbonyl (C=O) groups is 1. The Labute approximate surface area is 223 Å². The van der Waals surface area contributed by atoms with Crippen LogP contribution in [-0.2, 0) is 4.79 Å². The summed E-state index contributed by atoms with van der Waals surface area (Å²) in [7, 11) is 3.91. The maximum absolute atomic E-state index is 12.3. The lowest BCUT2D eigenvalue weighted by atomic mass is 10.1. The number of aliphatic imine (C=N–C) groups is 1. The number of nitrogens with one attached hydrogen (secondary N) is 2. The van der Waals surface area contributed by atoms with E-state index in [1.54, 1.807) is 6.33 Å². The van der Waals surface area contributed by atoms with Crippen molar-refractivity contribution in [2.75, 3.05) is 57.0 Å². The fraction of sp³-hybridized carbons (Fsp3) is 0.393. The highest BCUT2D eigenvalue weighted by Gasteiger charge is 2.34. The van der Waals surface area contributed by atoms with Crippen LogP contribution in [0.5, 0.6) is 0 Å². The summed E-state index contributed by atoms with van der Waals surface area (Å²) in [6.07, 6.45) is 7.78.